The average Bonchev–Trinajstić information content (AvgIpc) is 3.86. The zero-order valence-electron chi connectivity index (χ0n) is 30.1. The number of thiophene rings is 1. The van der Waals surface area contributed by atoms with Crippen LogP contribution in [0.1, 0.15) is 0 Å². The molecule has 0 aliphatic heterocycles. The Labute approximate surface area is 327 Å². The number of furan rings is 1. The van der Waals surface area contributed by atoms with Crippen molar-refractivity contribution in [2.24, 2.45) is 0 Å². The van der Waals surface area contributed by atoms with Gasteiger partial charge in [0.1, 0.15) is 11.2 Å². The SMILES string of the molecule is c1ccc(-c2cccc(-c3nc(-c4ccccc4)nc(-c4cccc5sc6c(-c7cc(-c8ccccc8)cc8oc9ccccc9c78)cccc6c45)n3)c2)cc1. The van der Waals surface area contributed by atoms with E-state index < -0.39 is 0 Å². The van der Waals surface area contributed by atoms with Crippen LogP contribution in [0.2, 0.25) is 0 Å². The Kier molecular flexibility index (Phi) is 7.64. The molecular weight excluding hydrogens is 703 g/mol. The smallest absolute Gasteiger partial charge is 0.164 e. The summed E-state index contributed by atoms with van der Waals surface area (Å²) in [5.41, 5.74) is 11.5. The molecule has 4 nitrogen and oxygen atoms in total. The maximum atomic E-state index is 6.53. The molecule has 3 heterocycles. The molecule has 0 amide bonds. The summed E-state index contributed by atoms with van der Waals surface area (Å²) in [6.45, 7) is 0. The van der Waals surface area contributed by atoms with Gasteiger partial charge in [-0.15, -0.1) is 11.3 Å². The minimum Gasteiger partial charge on any atom is -0.456 e. The van der Waals surface area contributed by atoms with Crippen molar-refractivity contribution in [1.82, 2.24) is 15.0 Å². The molecule has 11 aromatic rings. The van der Waals surface area contributed by atoms with Gasteiger partial charge in [-0.05, 0) is 58.1 Å². The molecule has 0 saturated heterocycles. The van der Waals surface area contributed by atoms with Crippen LogP contribution in [0.15, 0.2) is 192 Å². The first-order chi connectivity index (χ1) is 27.7. The quantitative estimate of drug-likeness (QED) is 0.171. The van der Waals surface area contributed by atoms with Crippen molar-refractivity contribution in [2.75, 3.05) is 0 Å². The summed E-state index contributed by atoms with van der Waals surface area (Å²) in [4.78, 5) is 15.5. The van der Waals surface area contributed by atoms with Gasteiger partial charge in [-0.3, -0.25) is 0 Å². The normalized spacial score (nSPS) is 11.6. The van der Waals surface area contributed by atoms with Crippen LogP contribution in [0.3, 0.4) is 0 Å². The number of hydrogen-bond acceptors (Lipinski definition) is 5. The molecule has 0 atom stereocenters. The second kappa shape index (κ2) is 13.3. The van der Waals surface area contributed by atoms with E-state index in [1.54, 1.807) is 0 Å². The van der Waals surface area contributed by atoms with E-state index in [0.717, 1.165) is 71.8 Å². The monoisotopic (exact) mass is 733 g/mol. The minimum atomic E-state index is 0.635. The molecular formula is C51H31N3OS. The fraction of sp³-hybridized carbons (Fsp3) is 0. The van der Waals surface area contributed by atoms with E-state index in [9.17, 15) is 0 Å². The Bertz CT molecular complexity index is 3240. The fourth-order valence-corrected chi connectivity index (χ4v) is 9.18. The van der Waals surface area contributed by atoms with Gasteiger partial charge in [0, 0.05) is 53.2 Å². The molecule has 0 aliphatic carbocycles. The third-order valence-electron chi connectivity index (χ3n) is 10.5. The van der Waals surface area contributed by atoms with Crippen molar-refractivity contribution in [3.8, 4) is 67.5 Å². The van der Waals surface area contributed by atoms with E-state index in [1.165, 1.54) is 20.3 Å². The molecule has 0 N–H and O–H groups in total. The molecule has 11 rings (SSSR count). The van der Waals surface area contributed by atoms with Crippen LogP contribution < -0.4 is 0 Å². The van der Waals surface area contributed by atoms with E-state index in [1.807, 2.05) is 41.7 Å². The highest BCUT2D eigenvalue weighted by Crippen LogP contribution is 2.47. The lowest BCUT2D eigenvalue weighted by atomic mass is 9.93. The van der Waals surface area contributed by atoms with Crippen molar-refractivity contribution in [3.63, 3.8) is 0 Å². The minimum absolute atomic E-state index is 0.635. The molecule has 0 saturated carbocycles. The Balaban J connectivity index is 1.14. The molecule has 262 valence electrons. The molecule has 3 aromatic heterocycles. The third-order valence-corrected chi connectivity index (χ3v) is 11.7. The van der Waals surface area contributed by atoms with Crippen LogP contribution in [0.25, 0.3) is 110 Å². The Morgan fingerprint density at radius 1 is 0.339 bits per heavy atom. The van der Waals surface area contributed by atoms with E-state index >= 15 is 0 Å². The third kappa shape index (κ3) is 5.48. The number of fused-ring (bicyclic) bond motifs is 6. The van der Waals surface area contributed by atoms with Crippen LogP contribution in [-0.4, -0.2) is 15.0 Å². The zero-order chi connectivity index (χ0) is 37.0. The highest BCUT2D eigenvalue weighted by molar-refractivity contribution is 7.26. The number of para-hydroxylation sites is 1. The van der Waals surface area contributed by atoms with Gasteiger partial charge in [0.05, 0.1) is 0 Å². The van der Waals surface area contributed by atoms with Gasteiger partial charge in [-0.25, -0.2) is 15.0 Å². The molecule has 0 unspecified atom stereocenters. The Hall–Kier alpha value is -7.21. The summed E-state index contributed by atoms with van der Waals surface area (Å²) in [6, 6.07) is 65.5. The molecule has 0 spiro atoms. The summed E-state index contributed by atoms with van der Waals surface area (Å²) in [5, 5.41) is 4.53. The summed E-state index contributed by atoms with van der Waals surface area (Å²) in [5.74, 6) is 1.92. The summed E-state index contributed by atoms with van der Waals surface area (Å²) in [7, 11) is 0. The van der Waals surface area contributed by atoms with Gasteiger partial charge in [-0.1, -0.05) is 158 Å². The van der Waals surface area contributed by atoms with Crippen molar-refractivity contribution >= 4 is 53.4 Å². The largest absolute Gasteiger partial charge is 0.456 e. The highest BCUT2D eigenvalue weighted by Gasteiger charge is 2.21. The standard InChI is InChI=1S/C51H31N3OS/c1-4-15-32(16-5-1)35-21-12-22-36(29-35)50-52-49(34-19-8-3-9-20-34)53-51(54-50)41-26-14-28-45-47(41)40-25-13-24-38(48(40)56-45)42-30-37(33-17-6-2-7-18-33)31-44-46(42)39-23-10-11-27-43(39)55-44/h1-31H. The van der Waals surface area contributed by atoms with Gasteiger partial charge < -0.3 is 4.42 Å². The van der Waals surface area contributed by atoms with Crippen LogP contribution in [-0.2, 0) is 0 Å². The van der Waals surface area contributed by atoms with Gasteiger partial charge in [0.2, 0.25) is 0 Å². The van der Waals surface area contributed by atoms with Gasteiger partial charge in [0.25, 0.3) is 0 Å². The Morgan fingerprint density at radius 3 is 1.70 bits per heavy atom. The van der Waals surface area contributed by atoms with Crippen molar-refractivity contribution in [1.29, 1.82) is 0 Å². The van der Waals surface area contributed by atoms with Crippen LogP contribution in [0.4, 0.5) is 0 Å². The van der Waals surface area contributed by atoms with Crippen LogP contribution in [0.5, 0.6) is 0 Å². The van der Waals surface area contributed by atoms with Crippen molar-refractivity contribution < 1.29 is 4.42 Å². The lowest BCUT2D eigenvalue weighted by Crippen LogP contribution is -2.00. The second-order valence-corrected chi connectivity index (χ2v) is 15.0. The van der Waals surface area contributed by atoms with E-state index in [2.05, 4.69) is 158 Å². The lowest BCUT2D eigenvalue weighted by molar-refractivity contribution is 0.669. The number of hydrogen-bond donors (Lipinski definition) is 0. The number of rotatable bonds is 6. The zero-order valence-corrected chi connectivity index (χ0v) is 30.9. The summed E-state index contributed by atoms with van der Waals surface area (Å²) >= 11 is 1.81. The van der Waals surface area contributed by atoms with Gasteiger partial charge in [-0.2, -0.15) is 0 Å². The van der Waals surface area contributed by atoms with Crippen molar-refractivity contribution in [2.45, 2.75) is 0 Å². The number of aromatic nitrogens is 3. The predicted octanol–water partition coefficient (Wildman–Crippen LogP) is 14.1. The summed E-state index contributed by atoms with van der Waals surface area (Å²) < 4.78 is 8.91. The Morgan fingerprint density at radius 2 is 0.911 bits per heavy atom. The maximum absolute atomic E-state index is 6.53. The topological polar surface area (TPSA) is 51.8 Å². The van der Waals surface area contributed by atoms with Gasteiger partial charge >= 0.3 is 0 Å². The van der Waals surface area contributed by atoms with Gasteiger partial charge in [0.15, 0.2) is 17.5 Å². The van der Waals surface area contributed by atoms with Crippen LogP contribution in [0, 0.1) is 0 Å². The van der Waals surface area contributed by atoms with E-state index in [4.69, 9.17) is 19.4 Å². The average molecular weight is 734 g/mol. The van der Waals surface area contributed by atoms with Crippen molar-refractivity contribution in [3.05, 3.63) is 188 Å². The first-order valence-electron chi connectivity index (χ1n) is 18.7. The molecule has 5 heteroatoms. The predicted molar refractivity (Wildman–Crippen MR) is 233 cm³/mol. The molecule has 0 fully saturated rings. The highest BCUT2D eigenvalue weighted by atomic mass is 32.1. The molecule has 56 heavy (non-hydrogen) atoms. The molecule has 0 aliphatic rings. The number of nitrogens with zero attached hydrogens (tertiary/aromatic N) is 3. The van der Waals surface area contributed by atoms with E-state index in [-0.39, 0.29) is 0 Å². The van der Waals surface area contributed by atoms with Crippen LogP contribution >= 0.6 is 11.3 Å². The maximum Gasteiger partial charge on any atom is 0.164 e. The first-order valence-corrected chi connectivity index (χ1v) is 19.5. The second-order valence-electron chi connectivity index (χ2n) is 13.9. The van der Waals surface area contributed by atoms with E-state index in [0.29, 0.717) is 17.5 Å². The fourth-order valence-electron chi connectivity index (χ4n) is 7.92. The molecule has 0 radical (unpaired) electrons. The summed E-state index contributed by atoms with van der Waals surface area (Å²) in [6.07, 6.45) is 0. The first kappa shape index (κ1) is 32.2. The number of benzene rings is 8. The lowest BCUT2D eigenvalue weighted by Gasteiger charge is -2.11. The molecule has 0 bridgehead atoms. The molecule has 8 aromatic carbocycles.